The van der Waals surface area contributed by atoms with Gasteiger partial charge < -0.3 is 4.74 Å². The summed E-state index contributed by atoms with van der Waals surface area (Å²) in [4.78, 5) is 25.3. The molecule has 0 aromatic heterocycles. The molecule has 0 amide bonds. The Labute approximate surface area is 139 Å². The highest BCUT2D eigenvalue weighted by molar-refractivity contribution is 6.04. The van der Waals surface area contributed by atoms with Crippen LogP contribution < -0.4 is 0 Å². The van der Waals surface area contributed by atoms with Crippen LogP contribution in [0.25, 0.3) is 0 Å². The van der Waals surface area contributed by atoms with Crippen molar-refractivity contribution < 1.29 is 14.3 Å². The number of hydrogen-bond acceptors (Lipinski definition) is 3. The highest BCUT2D eigenvalue weighted by Crippen LogP contribution is 2.53. The van der Waals surface area contributed by atoms with E-state index in [1.807, 2.05) is 0 Å². The van der Waals surface area contributed by atoms with Gasteiger partial charge in [0.05, 0.1) is 7.11 Å². The molecule has 0 heterocycles. The number of methoxy groups -OCH3 is 1. The molecule has 3 unspecified atom stereocenters. The van der Waals surface area contributed by atoms with Crippen molar-refractivity contribution in [2.45, 2.75) is 59.8 Å². The number of benzene rings is 1. The van der Waals surface area contributed by atoms with Crippen molar-refractivity contribution in [3.05, 3.63) is 34.4 Å². The summed E-state index contributed by atoms with van der Waals surface area (Å²) in [6.07, 6.45) is 2.50. The van der Waals surface area contributed by atoms with E-state index in [4.69, 9.17) is 4.74 Å². The molecule has 1 saturated carbocycles. The zero-order chi connectivity index (χ0) is 17.4. The van der Waals surface area contributed by atoms with Crippen LogP contribution in [0.5, 0.6) is 0 Å². The molecule has 0 bridgehead atoms. The molecule has 2 rings (SSSR count). The SMILES string of the molecule is COC(=O)C1(C(C)=O)CCCC(C)C1c1c(C)cc(C)cc1C. The lowest BCUT2D eigenvalue weighted by molar-refractivity contribution is -0.162. The molecule has 1 aromatic rings. The summed E-state index contributed by atoms with van der Waals surface area (Å²) < 4.78 is 5.10. The molecule has 1 aliphatic carbocycles. The summed E-state index contributed by atoms with van der Waals surface area (Å²) in [5.41, 5.74) is 3.64. The van der Waals surface area contributed by atoms with Crippen LogP contribution in [0, 0.1) is 32.1 Å². The molecule has 1 aliphatic rings. The number of carbonyl (C=O) groups excluding carboxylic acids is 2. The van der Waals surface area contributed by atoms with Crippen molar-refractivity contribution in [1.82, 2.24) is 0 Å². The fraction of sp³-hybridized carbons (Fsp3) is 0.600. The molecular weight excluding hydrogens is 288 g/mol. The summed E-state index contributed by atoms with van der Waals surface area (Å²) in [5.74, 6) is -0.283. The van der Waals surface area contributed by atoms with Gasteiger partial charge in [-0.3, -0.25) is 9.59 Å². The zero-order valence-electron chi connectivity index (χ0n) is 15.2. The minimum atomic E-state index is -1.04. The molecule has 0 aliphatic heterocycles. The summed E-state index contributed by atoms with van der Waals surface area (Å²) in [7, 11) is 1.39. The Hall–Kier alpha value is -1.64. The lowest BCUT2D eigenvalue weighted by atomic mass is 9.57. The van der Waals surface area contributed by atoms with Crippen LogP contribution in [-0.2, 0) is 14.3 Å². The van der Waals surface area contributed by atoms with Crippen molar-refractivity contribution in [3.8, 4) is 0 Å². The molecule has 126 valence electrons. The van der Waals surface area contributed by atoms with Gasteiger partial charge in [-0.1, -0.05) is 37.5 Å². The van der Waals surface area contributed by atoms with Gasteiger partial charge >= 0.3 is 5.97 Å². The maximum atomic E-state index is 12.7. The third-order valence-electron chi connectivity index (χ3n) is 5.56. The van der Waals surface area contributed by atoms with Crippen LogP contribution >= 0.6 is 0 Å². The summed E-state index contributed by atoms with van der Waals surface area (Å²) in [5, 5.41) is 0. The van der Waals surface area contributed by atoms with Crippen LogP contribution in [0.4, 0.5) is 0 Å². The van der Waals surface area contributed by atoms with E-state index in [0.29, 0.717) is 6.42 Å². The average molecular weight is 316 g/mol. The first-order chi connectivity index (χ1) is 10.8. The van der Waals surface area contributed by atoms with Gasteiger partial charge in [-0.2, -0.15) is 0 Å². The molecular formula is C20H28O3. The van der Waals surface area contributed by atoms with E-state index in [0.717, 1.165) is 29.5 Å². The maximum absolute atomic E-state index is 12.7. The van der Waals surface area contributed by atoms with Gasteiger partial charge in [0.1, 0.15) is 11.2 Å². The zero-order valence-corrected chi connectivity index (χ0v) is 15.2. The number of aryl methyl sites for hydroxylation is 3. The monoisotopic (exact) mass is 316 g/mol. The number of hydrogen-bond donors (Lipinski definition) is 0. The fourth-order valence-electron chi connectivity index (χ4n) is 4.67. The van der Waals surface area contributed by atoms with Crippen LogP contribution in [0.15, 0.2) is 12.1 Å². The second-order valence-electron chi connectivity index (χ2n) is 7.18. The van der Waals surface area contributed by atoms with Crippen LogP contribution in [0.2, 0.25) is 0 Å². The molecule has 1 fully saturated rings. The number of rotatable bonds is 3. The Morgan fingerprint density at radius 3 is 2.22 bits per heavy atom. The lowest BCUT2D eigenvalue weighted by Gasteiger charge is -2.45. The second kappa shape index (κ2) is 6.46. The van der Waals surface area contributed by atoms with Gasteiger partial charge in [-0.05, 0) is 56.7 Å². The Morgan fingerprint density at radius 2 is 1.74 bits per heavy atom. The highest BCUT2D eigenvalue weighted by atomic mass is 16.5. The van der Waals surface area contributed by atoms with E-state index in [1.54, 1.807) is 6.92 Å². The number of carbonyl (C=O) groups is 2. The number of ether oxygens (including phenoxy) is 1. The Balaban J connectivity index is 2.72. The smallest absolute Gasteiger partial charge is 0.319 e. The summed E-state index contributed by atoms with van der Waals surface area (Å²) >= 11 is 0. The number of ketones is 1. The van der Waals surface area contributed by atoms with Crippen molar-refractivity contribution in [1.29, 1.82) is 0 Å². The fourth-order valence-corrected chi connectivity index (χ4v) is 4.67. The highest BCUT2D eigenvalue weighted by Gasteiger charge is 2.55. The average Bonchev–Trinajstić information content (AvgIpc) is 2.46. The van der Waals surface area contributed by atoms with Crippen LogP contribution in [0.3, 0.4) is 0 Å². The minimum Gasteiger partial charge on any atom is -0.468 e. The van der Waals surface area contributed by atoms with E-state index < -0.39 is 5.41 Å². The summed E-state index contributed by atoms with van der Waals surface area (Å²) in [6.45, 7) is 9.94. The molecule has 23 heavy (non-hydrogen) atoms. The van der Waals surface area contributed by atoms with Gasteiger partial charge in [-0.15, -0.1) is 0 Å². The number of esters is 1. The van der Waals surface area contributed by atoms with Gasteiger partial charge in [0.2, 0.25) is 0 Å². The van der Waals surface area contributed by atoms with E-state index in [-0.39, 0.29) is 23.6 Å². The summed E-state index contributed by atoms with van der Waals surface area (Å²) in [6, 6.07) is 4.29. The molecule has 3 atom stereocenters. The minimum absolute atomic E-state index is 0.0692. The Morgan fingerprint density at radius 1 is 1.17 bits per heavy atom. The predicted molar refractivity (Wildman–Crippen MR) is 91.5 cm³/mol. The Bertz CT molecular complexity index is 609. The maximum Gasteiger partial charge on any atom is 0.319 e. The molecule has 1 aromatic carbocycles. The van der Waals surface area contributed by atoms with Gasteiger partial charge in [0.15, 0.2) is 0 Å². The molecule has 0 radical (unpaired) electrons. The molecule has 3 heteroatoms. The molecule has 0 spiro atoms. The van der Waals surface area contributed by atoms with E-state index in [2.05, 4.69) is 39.8 Å². The van der Waals surface area contributed by atoms with Gasteiger partial charge in [0.25, 0.3) is 0 Å². The van der Waals surface area contributed by atoms with Crippen molar-refractivity contribution in [3.63, 3.8) is 0 Å². The quantitative estimate of drug-likeness (QED) is 0.618. The van der Waals surface area contributed by atoms with Crippen molar-refractivity contribution in [2.75, 3.05) is 7.11 Å². The first-order valence-corrected chi connectivity index (χ1v) is 8.43. The number of Topliss-reactive ketones (excluding diaryl/α,β-unsaturated/α-hetero) is 1. The van der Waals surface area contributed by atoms with E-state index in [9.17, 15) is 9.59 Å². The largest absolute Gasteiger partial charge is 0.468 e. The lowest BCUT2D eigenvalue weighted by Crippen LogP contribution is -2.49. The standard InChI is InChI=1S/C20H28O3/c1-12-10-14(3)17(15(4)11-12)18-13(2)8-7-9-20(18,16(5)21)19(22)23-6/h10-11,13,18H,7-9H2,1-6H3. The first kappa shape index (κ1) is 17.7. The normalized spacial score (nSPS) is 27.6. The van der Waals surface area contributed by atoms with E-state index in [1.165, 1.54) is 12.7 Å². The second-order valence-corrected chi connectivity index (χ2v) is 7.18. The molecule has 0 saturated heterocycles. The van der Waals surface area contributed by atoms with Gasteiger partial charge in [0, 0.05) is 5.92 Å². The van der Waals surface area contributed by atoms with Crippen molar-refractivity contribution in [2.24, 2.45) is 11.3 Å². The van der Waals surface area contributed by atoms with Crippen LogP contribution in [-0.4, -0.2) is 18.9 Å². The topological polar surface area (TPSA) is 43.4 Å². The molecule has 0 N–H and O–H groups in total. The van der Waals surface area contributed by atoms with Crippen LogP contribution in [0.1, 0.15) is 61.3 Å². The Kier molecular flexibility index (Phi) is 4.98. The van der Waals surface area contributed by atoms with E-state index >= 15 is 0 Å². The predicted octanol–water partition coefficient (Wildman–Crippen LogP) is 4.26. The van der Waals surface area contributed by atoms with Gasteiger partial charge in [-0.25, -0.2) is 0 Å². The third-order valence-corrected chi connectivity index (χ3v) is 5.56. The first-order valence-electron chi connectivity index (χ1n) is 8.43. The van der Waals surface area contributed by atoms with Crippen molar-refractivity contribution >= 4 is 11.8 Å². The third kappa shape index (κ3) is 2.82. The molecule has 3 nitrogen and oxygen atoms in total.